The highest BCUT2D eigenvalue weighted by molar-refractivity contribution is 7.89. The Hall–Kier alpha value is -2.53. The van der Waals surface area contributed by atoms with Gasteiger partial charge in [0.05, 0.1) is 4.92 Å². The second kappa shape index (κ2) is 7.74. The molecule has 2 atom stereocenters. The van der Waals surface area contributed by atoms with Gasteiger partial charge in [0.1, 0.15) is 5.66 Å². The molecule has 1 aromatic rings. The lowest BCUT2D eigenvalue weighted by Gasteiger charge is -2.64. The monoisotopic (exact) mass is 490 g/mol. The molecule has 34 heavy (non-hydrogen) atoms. The van der Waals surface area contributed by atoms with E-state index in [-0.39, 0.29) is 28.7 Å². The highest BCUT2D eigenvalue weighted by Crippen LogP contribution is 2.62. The van der Waals surface area contributed by atoms with Gasteiger partial charge in [-0.25, -0.2) is 8.42 Å². The third-order valence-corrected chi connectivity index (χ3v) is 11.1. The summed E-state index contributed by atoms with van der Waals surface area (Å²) in [4.78, 5) is 37.1. The van der Waals surface area contributed by atoms with Crippen LogP contribution in [0, 0.1) is 33.3 Å². The number of para-hydroxylation sites is 1. The summed E-state index contributed by atoms with van der Waals surface area (Å²) in [6.45, 7) is 0. The van der Waals surface area contributed by atoms with Crippen LogP contribution >= 0.6 is 0 Å². The van der Waals surface area contributed by atoms with E-state index in [4.69, 9.17) is 5.73 Å². The van der Waals surface area contributed by atoms with Crippen LogP contribution in [0.25, 0.3) is 0 Å². The molecular weight excluding hydrogens is 460 g/mol. The van der Waals surface area contributed by atoms with E-state index in [1.165, 1.54) is 35.6 Å². The lowest BCUT2D eigenvalue weighted by molar-refractivity contribution is -0.387. The van der Waals surface area contributed by atoms with Crippen LogP contribution in [0.4, 0.5) is 5.69 Å². The van der Waals surface area contributed by atoms with Crippen molar-refractivity contribution in [2.45, 2.75) is 68.0 Å². The molecular formula is C23H30N4O6S. The number of carbonyl (C=O) groups is 2. The number of carbonyl (C=O) groups excluding carboxylic acids is 2. The summed E-state index contributed by atoms with van der Waals surface area (Å²) in [6.07, 6.45) is 6.28. The zero-order valence-electron chi connectivity index (χ0n) is 19.1. The molecule has 11 heteroatoms. The van der Waals surface area contributed by atoms with Gasteiger partial charge in [0.15, 0.2) is 4.90 Å². The van der Waals surface area contributed by atoms with Crippen LogP contribution in [-0.4, -0.2) is 53.6 Å². The fourth-order valence-electron chi connectivity index (χ4n) is 7.63. The second-order valence-corrected chi connectivity index (χ2v) is 12.6. The first-order chi connectivity index (χ1) is 16.1. The zero-order chi connectivity index (χ0) is 24.5. The van der Waals surface area contributed by atoms with Crippen LogP contribution in [0.5, 0.6) is 0 Å². The molecule has 0 radical (unpaired) electrons. The van der Waals surface area contributed by atoms with Gasteiger partial charge in [0.2, 0.25) is 12.3 Å². The normalized spacial score (nSPS) is 33.4. The Morgan fingerprint density at radius 1 is 1.18 bits per heavy atom. The van der Waals surface area contributed by atoms with Crippen molar-refractivity contribution in [3.05, 3.63) is 34.4 Å². The smallest absolute Gasteiger partial charge is 0.289 e. The highest BCUT2D eigenvalue weighted by atomic mass is 32.2. The molecule has 1 aromatic carbocycles. The average molecular weight is 491 g/mol. The van der Waals surface area contributed by atoms with Gasteiger partial charge in [-0.05, 0) is 75.2 Å². The number of nitrogens with zero attached hydrogens (tertiary/aromatic N) is 3. The first-order valence-electron chi connectivity index (χ1n) is 11.8. The van der Waals surface area contributed by atoms with Crippen molar-refractivity contribution >= 4 is 28.0 Å². The lowest BCUT2D eigenvalue weighted by Crippen LogP contribution is -2.71. The Bertz CT molecular complexity index is 1130. The molecule has 5 saturated carbocycles. The first-order valence-corrected chi connectivity index (χ1v) is 13.3. The fourth-order valence-corrected chi connectivity index (χ4v) is 9.30. The summed E-state index contributed by atoms with van der Waals surface area (Å²) < 4.78 is 28.5. The number of nitro benzene ring substituents is 1. The number of sulfonamides is 1. The van der Waals surface area contributed by atoms with Crippen LogP contribution in [0.1, 0.15) is 51.4 Å². The van der Waals surface area contributed by atoms with Gasteiger partial charge in [-0.15, -0.1) is 0 Å². The predicted molar refractivity (Wildman–Crippen MR) is 122 cm³/mol. The lowest BCUT2D eigenvalue weighted by atomic mass is 9.47. The standard InChI is InChI=1S/C23H30N4O6S/c1-25(34(32,33)19-6-3-2-5-18(19)27(30)31)23(7-4-8-23)26(14-28)20-16-9-15-10-17(20)13-22(11-15,12-16)21(24)29/h2-3,5-6,14-17,20H,4,7-13H2,1H3,(H2,24,29). The third-order valence-electron chi connectivity index (χ3n) is 9.10. The number of amides is 2. The third kappa shape index (κ3) is 3.12. The van der Waals surface area contributed by atoms with Crippen LogP contribution in [0.2, 0.25) is 0 Å². The molecule has 5 fully saturated rings. The summed E-state index contributed by atoms with van der Waals surface area (Å²) in [5.74, 6) is 0.310. The van der Waals surface area contributed by atoms with Crippen LogP contribution in [0.15, 0.2) is 29.2 Å². The molecule has 0 spiro atoms. The minimum Gasteiger partial charge on any atom is -0.369 e. The minimum absolute atomic E-state index is 0.0867. The van der Waals surface area contributed by atoms with Gasteiger partial charge < -0.3 is 10.6 Å². The maximum Gasteiger partial charge on any atom is 0.289 e. The topological polar surface area (TPSA) is 144 Å². The van der Waals surface area contributed by atoms with Gasteiger partial charge in [-0.3, -0.25) is 19.7 Å². The molecule has 5 aliphatic rings. The summed E-state index contributed by atoms with van der Waals surface area (Å²) >= 11 is 0. The van der Waals surface area contributed by atoms with E-state index in [9.17, 15) is 28.1 Å². The maximum atomic E-state index is 13.7. The average Bonchev–Trinajstić information content (AvgIpc) is 2.76. The number of hydrogen-bond donors (Lipinski definition) is 1. The number of nitrogens with two attached hydrogens (primary N) is 1. The number of benzene rings is 1. The Kier molecular flexibility index (Phi) is 5.29. The van der Waals surface area contributed by atoms with Crippen molar-refractivity contribution in [3.8, 4) is 0 Å². The molecule has 4 bridgehead atoms. The van der Waals surface area contributed by atoms with Gasteiger partial charge in [0.25, 0.3) is 15.7 Å². The SMILES string of the molecule is CN(C1(N(C=O)C2C3CC4CC2CC(C(N)=O)(C4)C3)CCC1)S(=O)(=O)c1ccccc1[N+](=O)[O-]. The van der Waals surface area contributed by atoms with Crippen LogP contribution in [0.3, 0.4) is 0 Å². The quantitative estimate of drug-likeness (QED) is 0.256. The summed E-state index contributed by atoms with van der Waals surface area (Å²) in [7, 11) is -2.84. The highest BCUT2D eigenvalue weighted by Gasteiger charge is 2.62. The first kappa shape index (κ1) is 23.2. The van der Waals surface area contributed by atoms with E-state index >= 15 is 0 Å². The summed E-state index contributed by atoms with van der Waals surface area (Å²) in [6, 6.07) is 5.12. The molecule has 0 heterocycles. The van der Waals surface area contributed by atoms with E-state index in [2.05, 4.69) is 0 Å². The molecule has 6 rings (SSSR count). The van der Waals surface area contributed by atoms with Gasteiger partial charge >= 0.3 is 0 Å². The number of nitro groups is 1. The van der Waals surface area contributed by atoms with Gasteiger partial charge in [-0.2, -0.15) is 4.31 Å². The van der Waals surface area contributed by atoms with Crippen molar-refractivity contribution in [2.24, 2.45) is 28.9 Å². The predicted octanol–water partition coefficient (Wildman–Crippen LogP) is 2.23. The Labute approximate surface area is 198 Å². The Morgan fingerprint density at radius 3 is 2.29 bits per heavy atom. The Morgan fingerprint density at radius 2 is 1.79 bits per heavy atom. The van der Waals surface area contributed by atoms with E-state index in [1.807, 2.05) is 0 Å². The van der Waals surface area contributed by atoms with Crippen LogP contribution in [-0.2, 0) is 19.6 Å². The van der Waals surface area contributed by atoms with Crippen molar-refractivity contribution in [3.63, 3.8) is 0 Å². The van der Waals surface area contributed by atoms with Crippen LogP contribution < -0.4 is 5.73 Å². The van der Waals surface area contributed by atoms with Crippen molar-refractivity contribution in [1.82, 2.24) is 9.21 Å². The molecule has 2 N–H and O–H groups in total. The number of rotatable bonds is 8. The number of primary amides is 1. The van der Waals surface area contributed by atoms with Gasteiger partial charge in [-0.1, -0.05) is 12.1 Å². The Balaban J connectivity index is 1.51. The molecule has 2 unspecified atom stereocenters. The van der Waals surface area contributed by atoms with Crippen molar-refractivity contribution in [1.29, 1.82) is 0 Å². The van der Waals surface area contributed by atoms with Crippen molar-refractivity contribution < 1.29 is 22.9 Å². The van der Waals surface area contributed by atoms with E-state index < -0.39 is 31.7 Å². The minimum atomic E-state index is -4.26. The van der Waals surface area contributed by atoms with Gasteiger partial charge in [0, 0.05) is 24.6 Å². The molecule has 0 aromatic heterocycles. The largest absolute Gasteiger partial charge is 0.369 e. The van der Waals surface area contributed by atoms with E-state index in [0.29, 0.717) is 31.6 Å². The second-order valence-electron chi connectivity index (χ2n) is 10.7. The van der Waals surface area contributed by atoms with E-state index in [0.717, 1.165) is 32.1 Å². The molecule has 0 aliphatic heterocycles. The molecule has 10 nitrogen and oxygen atoms in total. The molecule has 5 aliphatic carbocycles. The maximum absolute atomic E-state index is 13.7. The van der Waals surface area contributed by atoms with Crippen molar-refractivity contribution in [2.75, 3.05) is 7.05 Å². The zero-order valence-corrected chi connectivity index (χ0v) is 19.9. The number of hydrogen-bond acceptors (Lipinski definition) is 6. The van der Waals surface area contributed by atoms with E-state index in [1.54, 1.807) is 4.90 Å². The summed E-state index contributed by atoms with van der Waals surface area (Å²) in [5.41, 5.74) is 3.73. The summed E-state index contributed by atoms with van der Waals surface area (Å²) in [5, 5.41) is 11.5. The molecule has 184 valence electrons. The molecule has 0 saturated heterocycles. The molecule has 2 amide bonds. The fraction of sp³-hybridized carbons (Fsp3) is 0.652.